The van der Waals surface area contributed by atoms with Crippen molar-refractivity contribution in [3.63, 3.8) is 0 Å². The Hall–Kier alpha value is -0.880. The highest BCUT2D eigenvalue weighted by Crippen LogP contribution is 2.09. The van der Waals surface area contributed by atoms with Crippen LogP contribution in [0.4, 0.5) is 0 Å². The second kappa shape index (κ2) is 12.5. The molecule has 2 aliphatic heterocycles. The predicted molar refractivity (Wildman–Crippen MR) is 88.2 cm³/mol. The van der Waals surface area contributed by atoms with Gasteiger partial charge < -0.3 is 23.7 Å². The molecule has 0 radical (unpaired) electrons. The van der Waals surface area contributed by atoms with Crippen molar-refractivity contribution >= 4 is 0 Å². The van der Waals surface area contributed by atoms with E-state index in [4.69, 9.17) is 23.7 Å². The monoisotopic (exact) mass is 326 g/mol. The van der Waals surface area contributed by atoms with Gasteiger partial charge in [-0.3, -0.25) is 0 Å². The van der Waals surface area contributed by atoms with Gasteiger partial charge in [0, 0.05) is 13.2 Å². The zero-order valence-corrected chi connectivity index (χ0v) is 14.0. The van der Waals surface area contributed by atoms with Gasteiger partial charge in [-0.2, -0.15) is 0 Å². The molecule has 0 aromatic heterocycles. The molecule has 0 aromatic rings. The van der Waals surface area contributed by atoms with Crippen LogP contribution in [0.2, 0.25) is 0 Å². The Kier molecular flexibility index (Phi) is 10.1. The molecule has 132 valence electrons. The zero-order valence-electron chi connectivity index (χ0n) is 14.0. The van der Waals surface area contributed by atoms with E-state index < -0.39 is 0 Å². The van der Waals surface area contributed by atoms with E-state index >= 15 is 0 Å². The molecule has 23 heavy (non-hydrogen) atoms. The number of hydrogen-bond acceptors (Lipinski definition) is 5. The van der Waals surface area contributed by atoms with Crippen molar-refractivity contribution in [1.82, 2.24) is 0 Å². The van der Waals surface area contributed by atoms with Gasteiger partial charge in [-0.25, -0.2) is 0 Å². The summed E-state index contributed by atoms with van der Waals surface area (Å²) < 4.78 is 26.4. The smallest absolute Gasteiger partial charge is 0.104 e. The van der Waals surface area contributed by atoms with Gasteiger partial charge in [0.2, 0.25) is 0 Å². The molecular formula is C18H30O5. The van der Waals surface area contributed by atoms with Gasteiger partial charge >= 0.3 is 0 Å². The fourth-order valence-electron chi connectivity index (χ4n) is 1.98. The second-order valence-corrected chi connectivity index (χ2v) is 5.93. The van der Waals surface area contributed by atoms with Crippen LogP contribution >= 0.6 is 0 Å². The first-order valence-electron chi connectivity index (χ1n) is 8.79. The summed E-state index contributed by atoms with van der Waals surface area (Å²) in [6, 6.07) is 0. The van der Waals surface area contributed by atoms with E-state index in [1.54, 1.807) is 12.5 Å². The van der Waals surface area contributed by atoms with Crippen LogP contribution in [0, 0.1) is 0 Å². The molecule has 2 saturated heterocycles. The summed E-state index contributed by atoms with van der Waals surface area (Å²) in [6.07, 6.45) is 14.9. The highest BCUT2D eigenvalue weighted by molar-refractivity contribution is 4.80. The lowest BCUT2D eigenvalue weighted by molar-refractivity contribution is 0.113. The summed E-state index contributed by atoms with van der Waals surface area (Å²) in [7, 11) is 0. The molecule has 2 fully saturated rings. The Morgan fingerprint density at radius 3 is 1.65 bits per heavy atom. The highest BCUT2D eigenvalue weighted by Gasteiger charge is 2.22. The molecule has 0 aromatic carbocycles. The Balaban J connectivity index is 1.24. The normalized spacial score (nSPS) is 23.0. The zero-order chi connectivity index (χ0) is 16.0. The molecule has 0 N–H and O–H groups in total. The van der Waals surface area contributed by atoms with Gasteiger partial charge in [0.1, 0.15) is 12.2 Å². The van der Waals surface area contributed by atoms with E-state index in [0.29, 0.717) is 12.2 Å². The van der Waals surface area contributed by atoms with Crippen molar-refractivity contribution < 1.29 is 23.7 Å². The molecule has 2 aliphatic rings. The van der Waals surface area contributed by atoms with Gasteiger partial charge in [-0.05, 0) is 50.7 Å². The highest BCUT2D eigenvalue weighted by atomic mass is 16.6. The molecule has 2 rings (SSSR count). The van der Waals surface area contributed by atoms with Crippen LogP contribution in [0.3, 0.4) is 0 Å². The standard InChI is InChI=1S/C18H30O5/c1(3-7-11-20-13-17-15-22-17)5-9-19-10-6-2-4-8-12-21-14-18-16-23-18/h5-6,9-10,17-18H,1-4,7-8,11-16H2. The van der Waals surface area contributed by atoms with E-state index in [1.165, 1.54) is 0 Å². The maximum Gasteiger partial charge on any atom is 0.104 e. The summed E-state index contributed by atoms with van der Waals surface area (Å²) in [6.45, 7) is 4.90. The van der Waals surface area contributed by atoms with Crippen LogP contribution in [0.1, 0.15) is 38.5 Å². The third-order valence-corrected chi connectivity index (χ3v) is 3.58. The number of ether oxygens (including phenoxy) is 5. The van der Waals surface area contributed by atoms with E-state index in [9.17, 15) is 0 Å². The molecule has 0 bridgehead atoms. The molecule has 5 nitrogen and oxygen atoms in total. The van der Waals surface area contributed by atoms with Crippen LogP contribution in [0.15, 0.2) is 24.7 Å². The molecule has 0 spiro atoms. The SMILES string of the molecule is C(=COC=CCCCCOCC1CO1)CCCCOCC1CO1. The summed E-state index contributed by atoms with van der Waals surface area (Å²) in [4.78, 5) is 0. The minimum Gasteiger partial charge on any atom is -0.473 e. The van der Waals surface area contributed by atoms with E-state index in [1.807, 2.05) is 0 Å². The second-order valence-electron chi connectivity index (χ2n) is 5.93. The van der Waals surface area contributed by atoms with Crippen molar-refractivity contribution in [3.05, 3.63) is 24.7 Å². The number of allylic oxidation sites excluding steroid dienone is 2. The number of rotatable bonds is 16. The molecule has 2 atom stereocenters. The third kappa shape index (κ3) is 12.2. The summed E-state index contributed by atoms with van der Waals surface area (Å²) >= 11 is 0. The minimum atomic E-state index is 0.375. The van der Waals surface area contributed by atoms with Gasteiger partial charge in [0.15, 0.2) is 0 Å². The quantitative estimate of drug-likeness (QED) is 0.248. The molecule has 5 heteroatoms. The van der Waals surface area contributed by atoms with Crippen molar-refractivity contribution in [1.29, 1.82) is 0 Å². The Labute approximate surface area is 139 Å². The Morgan fingerprint density at radius 1 is 0.739 bits per heavy atom. The van der Waals surface area contributed by atoms with Gasteiger partial charge in [0.05, 0.1) is 39.0 Å². The van der Waals surface area contributed by atoms with Crippen molar-refractivity contribution in [2.24, 2.45) is 0 Å². The first-order valence-corrected chi connectivity index (χ1v) is 8.79. The number of hydrogen-bond donors (Lipinski definition) is 0. The maximum absolute atomic E-state index is 5.47. The van der Waals surface area contributed by atoms with Crippen LogP contribution in [0.25, 0.3) is 0 Å². The topological polar surface area (TPSA) is 52.8 Å². The van der Waals surface area contributed by atoms with Gasteiger partial charge in [-0.15, -0.1) is 0 Å². The summed E-state index contributed by atoms with van der Waals surface area (Å²) in [5, 5.41) is 0. The predicted octanol–water partition coefficient (Wildman–Crippen LogP) is 3.20. The molecule has 0 aliphatic carbocycles. The first-order chi connectivity index (χ1) is 11.4. The van der Waals surface area contributed by atoms with E-state index in [2.05, 4.69) is 12.2 Å². The largest absolute Gasteiger partial charge is 0.473 e. The molecular weight excluding hydrogens is 296 g/mol. The number of unbranched alkanes of at least 4 members (excludes halogenated alkanes) is 4. The molecule has 2 unspecified atom stereocenters. The van der Waals surface area contributed by atoms with Crippen LogP contribution in [-0.4, -0.2) is 51.8 Å². The van der Waals surface area contributed by atoms with Crippen molar-refractivity contribution in [2.45, 2.75) is 50.7 Å². The van der Waals surface area contributed by atoms with Crippen molar-refractivity contribution in [2.75, 3.05) is 39.6 Å². The molecule has 0 saturated carbocycles. The summed E-state index contributed by atoms with van der Waals surface area (Å²) in [5.41, 5.74) is 0. The van der Waals surface area contributed by atoms with Gasteiger partial charge in [0.25, 0.3) is 0 Å². The van der Waals surface area contributed by atoms with E-state index in [0.717, 1.165) is 78.2 Å². The lowest BCUT2D eigenvalue weighted by Gasteiger charge is -2.00. The van der Waals surface area contributed by atoms with E-state index in [-0.39, 0.29) is 0 Å². The van der Waals surface area contributed by atoms with Crippen LogP contribution < -0.4 is 0 Å². The lowest BCUT2D eigenvalue weighted by atomic mass is 10.2. The molecule has 2 heterocycles. The maximum atomic E-state index is 5.47. The Morgan fingerprint density at radius 2 is 1.22 bits per heavy atom. The summed E-state index contributed by atoms with van der Waals surface area (Å²) in [5.74, 6) is 0. The minimum absolute atomic E-state index is 0.375. The number of epoxide rings is 2. The van der Waals surface area contributed by atoms with Crippen LogP contribution in [-0.2, 0) is 23.7 Å². The fourth-order valence-corrected chi connectivity index (χ4v) is 1.98. The van der Waals surface area contributed by atoms with Crippen LogP contribution in [0.5, 0.6) is 0 Å². The van der Waals surface area contributed by atoms with Gasteiger partial charge in [-0.1, -0.05) is 0 Å². The lowest BCUT2D eigenvalue weighted by Crippen LogP contribution is -2.02. The molecule has 0 amide bonds. The van der Waals surface area contributed by atoms with Crippen molar-refractivity contribution in [3.8, 4) is 0 Å². The Bertz CT molecular complexity index is 302. The average Bonchev–Trinajstić information content (AvgIpc) is 3.45. The first kappa shape index (κ1) is 18.5. The third-order valence-electron chi connectivity index (χ3n) is 3.58. The average molecular weight is 326 g/mol. The fraction of sp³-hybridized carbons (Fsp3) is 0.778.